The van der Waals surface area contributed by atoms with Crippen LogP contribution >= 0.6 is 11.6 Å². The van der Waals surface area contributed by atoms with Gasteiger partial charge in [-0.2, -0.15) is 13.5 Å². The summed E-state index contributed by atoms with van der Waals surface area (Å²) >= 11 is 6.44. The third kappa shape index (κ3) is 8.03. The molecule has 7 rings (SSSR count). The van der Waals surface area contributed by atoms with Gasteiger partial charge in [0.15, 0.2) is 5.65 Å². The van der Waals surface area contributed by atoms with Gasteiger partial charge in [0.2, 0.25) is 5.95 Å². The van der Waals surface area contributed by atoms with Crippen molar-refractivity contribution in [3.05, 3.63) is 94.3 Å². The normalized spacial score (nSPS) is 17.9. The summed E-state index contributed by atoms with van der Waals surface area (Å²) in [5.74, 6) is 2.00. The number of hydrogen-bond donors (Lipinski definition) is 2. The molecule has 0 unspecified atom stereocenters. The Morgan fingerprint density at radius 2 is 1.75 bits per heavy atom. The summed E-state index contributed by atoms with van der Waals surface area (Å²) in [4.78, 5) is 16.0. The van der Waals surface area contributed by atoms with Crippen LogP contribution in [0.4, 0.5) is 16.6 Å². The van der Waals surface area contributed by atoms with E-state index in [-0.39, 0.29) is 24.2 Å². The number of halogens is 1. The standard InChI is InChI=1S/C37H43ClN8O5S/c1-37(2,3)32-21-34(46(43-32)26-19-24(18-25(38)20-26)23-50-52(4,48)49)40-35(47)39-30-13-14-31(29-11-7-6-10-28(29)30)51-27-12-15-33-41-42-36(45(33)22-27)44-16-8-5-9-17-44/h6-7,10-12,15,18-22,30-31H,5,8-9,13-14,16-17,23H2,1-4H3,(H2,39,40,47)/t30-,31+/m0/s1. The summed E-state index contributed by atoms with van der Waals surface area (Å²) in [6.45, 7) is 7.83. The minimum Gasteiger partial charge on any atom is -0.484 e. The number of ether oxygens (including phenoxy) is 1. The highest BCUT2D eigenvalue weighted by Gasteiger charge is 2.30. The quantitative estimate of drug-likeness (QED) is 0.151. The number of pyridine rings is 1. The van der Waals surface area contributed by atoms with Crippen LogP contribution < -0.4 is 20.3 Å². The molecule has 2 aliphatic rings. The molecule has 52 heavy (non-hydrogen) atoms. The average molecular weight is 747 g/mol. The Morgan fingerprint density at radius 3 is 2.50 bits per heavy atom. The first kappa shape index (κ1) is 35.7. The third-order valence-corrected chi connectivity index (χ3v) is 10.1. The molecule has 1 aliphatic heterocycles. The maximum absolute atomic E-state index is 13.7. The number of amides is 2. The van der Waals surface area contributed by atoms with Crippen LogP contribution in [0.1, 0.15) is 87.4 Å². The Labute approximate surface area is 308 Å². The minimum atomic E-state index is -3.66. The highest BCUT2D eigenvalue weighted by atomic mass is 35.5. The maximum Gasteiger partial charge on any atom is 0.320 e. The second-order valence-corrected chi connectivity index (χ2v) is 16.5. The zero-order chi connectivity index (χ0) is 36.6. The molecule has 3 aromatic heterocycles. The molecule has 13 nitrogen and oxygen atoms in total. The molecule has 0 bridgehead atoms. The summed E-state index contributed by atoms with van der Waals surface area (Å²) in [7, 11) is -3.66. The zero-order valence-corrected chi connectivity index (χ0v) is 31.2. The van der Waals surface area contributed by atoms with Gasteiger partial charge >= 0.3 is 6.03 Å². The number of carbonyl (C=O) groups excluding carboxylic acids is 1. The fourth-order valence-electron chi connectivity index (χ4n) is 6.78. The van der Waals surface area contributed by atoms with Crippen LogP contribution in [-0.2, 0) is 26.3 Å². The minimum absolute atomic E-state index is 0.191. The number of urea groups is 1. The predicted octanol–water partition coefficient (Wildman–Crippen LogP) is 7.11. The van der Waals surface area contributed by atoms with Crippen LogP contribution in [0.15, 0.2) is 66.9 Å². The van der Waals surface area contributed by atoms with E-state index < -0.39 is 16.1 Å². The first-order valence-electron chi connectivity index (χ1n) is 17.5. The van der Waals surface area contributed by atoms with Gasteiger partial charge in [0, 0.05) is 29.6 Å². The number of hydrogen-bond acceptors (Lipinski definition) is 9. The fourth-order valence-corrected chi connectivity index (χ4v) is 7.39. The van der Waals surface area contributed by atoms with E-state index in [0.717, 1.165) is 66.4 Å². The summed E-state index contributed by atoms with van der Waals surface area (Å²) in [5, 5.41) is 20.2. The van der Waals surface area contributed by atoms with E-state index in [1.54, 1.807) is 22.9 Å². The van der Waals surface area contributed by atoms with E-state index in [0.29, 0.717) is 34.9 Å². The molecule has 1 saturated heterocycles. The van der Waals surface area contributed by atoms with Gasteiger partial charge in [-0.05, 0) is 79.1 Å². The lowest BCUT2D eigenvalue weighted by Gasteiger charge is -2.32. The van der Waals surface area contributed by atoms with Crippen molar-refractivity contribution >= 4 is 45.2 Å². The molecule has 5 aromatic rings. The smallest absolute Gasteiger partial charge is 0.320 e. The van der Waals surface area contributed by atoms with Crippen LogP contribution in [0.5, 0.6) is 5.75 Å². The summed E-state index contributed by atoms with van der Waals surface area (Å²) in [6, 6.07) is 18.1. The van der Waals surface area contributed by atoms with Gasteiger partial charge in [-0.1, -0.05) is 56.6 Å². The van der Waals surface area contributed by atoms with E-state index in [9.17, 15) is 13.2 Å². The first-order valence-corrected chi connectivity index (χ1v) is 19.7. The van der Waals surface area contributed by atoms with Crippen LogP contribution in [0.3, 0.4) is 0 Å². The molecule has 2 aromatic carbocycles. The van der Waals surface area contributed by atoms with Crippen molar-refractivity contribution in [2.24, 2.45) is 0 Å². The Hall–Kier alpha value is -4.66. The molecular weight excluding hydrogens is 704 g/mol. The van der Waals surface area contributed by atoms with Crippen molar-refractivity contribution < 1.29 is 22.1 Å². The van der Waals surface area contributed by atoms with Crippen molar-refractivity contribution in [1.82, 2.24) is 29.7 Å². The number of fused-ring (bicyclic) bond motifs is 2. The molecule has 0 radical (unpaired) electrons. The second-order valence-electron chi connectivity index (χ2n) is 14.5. The number of rotatable bonds is 9. The molecule has 0 spiro atoms. The van der Waals surface area contributed by atoms with E-state index in [1.165, 1.54) is 6.42 Å². The van der Waals surface area contributed by atoms with Gasteiger partial charge in [0.05, 0.1) is 36.5 Å². The number of piperidine rings is 1. The van der Waals surface area contributed by atoms with Crippen LogP contribution in [0, 0.1) is 0 Å². The molecule has 4 heterocycles. The van der Waals surface area contributed by atoms with Crippen LogP contribution in [-0.4, -0.2) is 58.2 Å². The third-order valence-electron chi connectivity index (χ3n) is 9.36. The lowest BCUT2D eigenvalue weighted by Crippen LogP contribution is -2.36. The highest BCUT2D eigenvalue weighted by molar-refractivity contribution is 7.85. The Morgan fingerprint density at radius 1 is 0.981 bits per heavy atom. The van der Waals surface area contributed by atoms with Crippen LogP contribution in [0.25, 0.3) is 11.3 Å². The van der Waals surface area contributed by atoms with Gasteiger partial charge in [-0.3, -0.25) is 13.9 Å². The molecule has 2 N–H and O–H groups in total. The molecule has 1 fully saturated rings. The van der Waals surface area contributed by atoms with Crippen molar-refractivity contribution in [2.45, 2.75) is 77.0 Å². The van der Waals surface area contributed by atoms with Crippen molar-refractivity contribution in [2.75, 3.05) is 29.6 Å². The molecule has 2 atom stereocenters. The largest absolute Gasteiger partial charge is 0.484 e. The molecule has 0 saturated carbocycles. The Kier molecular flexibility index (Phi) is 9.89. The first-order chi connectivity index (χ1) is 24.8. The fraction of sp³-hybridized carbons (Fsp3) is 0.405. The number of aromatic nitrogens is 5. The van der Waals surface area contributed by atoms with Crippen molar-refractivity contribution in [3.63, 3.8) is 0 Å². The predicted molar refractivity (Wildman–Crippen MR) is 200 cm³/mol. The number of carbonyl (C=O) groups is 1. The zero-order valence-electron chi connectivity index (χ0n) is 29.7. The number of nitrogens with one attached hydrogen (secondary N) is 2. The van der Waals surface area contributed by atoms with Gasteiger partial charge in [0.25, 0.3) is 10.1 Å². The molecule has 15 heteroatoms. The molecule has 1 aliphatic carbocycles. The monoisotopic (exact) mass is 746 g/mol. The topological polar surface area (TPSA) is 145 Å². The highest BCUT2D eigenvalue weighted by Crippen LogP contribution is 2.39. The molecule has 2 amide bonds. The van der Waals surface area contributed by atoms with E-state index in [4.69, 9.17) is 25.6 Å². The Balaban J connectivity index is 1.09. The second kappa shape index (κ2) is 14.4. The van der Waals surface area contributed by atoms with Gasteiger partial charge in [0.1, 0.15) is 17.7 Å². The van der Waals surface area contributed by atoms with Crippen molar-refractivity contribution in [3.8, 4) is 11.4 Å². The van der Waals surface area contributed by atoms with Gasteiger partial charge in [-0.25, -0.2) is 9.48 Å². The van der Waals surface area contributed by atoms with E-state index in [2.05, 4.69) is 31.8 Å². The summed E-state index contributed by atoms with van der Waals surface area (Å²) in [5.41, 5.74) is 4.28. The maximum atomic E-state index is 13.7. The van der Waals surface area contributed by atoms with Crippen LogP contribution in [0.2, 0.25) is 5.02 Å². The lowest BCUT2D eigenvalue weighted by molar-refractivity contribution is 0.171. The SMILES string of the molecule is CC(C)(C)c1cc(NC(=O)N[C@H]2CC[C@@H](Oc3ccc4nnc(N5CCCCC5)n4c3)c3ccccc32)n(-c2cc(Cl)cc(COS(C)(=O)=O)c2)n1. The van der Waals surface area contributed by atoms with Gasteiger partial charge < -0.3 is 15.0 Å². The average Bonchev–Trinajstić information content (AvgIpc) is 3.73. The number of nitrogens with zero attached hydrogens (tertiary/aromatic N) is 6. The molecular formula is C37H43ClN8O5S. The molecule has 274 valence electrons. The summed E-state index contributed by atoms with van der Waals surface area (Å²) in [6.07, 6.45) is 7.63. The summed E-state index contributed by atoms with van der Waals surface area (Å²) < 4.78 is 38.5. The Bertz CT molecular complexity index is 2210. The van der Waals surface area contributed by atoms with E-state index in [1.807, 2.05) is 67.8 Å². The lowest BCUT2D eigenvalue weighted by atomic mass is 9.85. The number of anilines is 2. The van der Waals surface area contributed by atoms with E-state index >= 15 is 0 Å². The number of benzene rings is 2. The van der Waals surface area contributed by atoms with Gasteiger partial charge in [-0.15, -0.1) is 10.2 Å². The van der Waals surface area contributed by atoms with Crippen molar-refractivity contribution in [1.29, 1.82) is 0 Å².